The number of fused-ring (bicyclic) bond motifs is 1. The second kappa shape index (κ2) is 6.74. The molecule has 4 heterocycles. The van der Waals surface area contributed by atoms with E-state index in [1.54, 1.807) is 29.6 Å². The number of furan rings is 1. The minimum Gasteiger partial charge on any atom is -0.481 e. The van der Waals surface area contributed by atoms with E-state index in [1.807, 2.05) is 22.4 Å². The van der Waals surface area contributed by atoms with Gasteiger partial charge in [0.25, 0.3) is 5.91 Å². The Morgan fingerprint density at radius 2 is 2.15 bits per heavy atom. The van der Waals surface area contributed by atoms with Crippen molar-refractivity contribution >= 4 is 34.6 Å². The molecule has 0 aliphatic carbocycles. The van der Waals surface area contributed by atoms with Crippen LogP contribution in [0.2, 0.25) is 0 Å². The average Bonchev–Trinajstić information content (AvgIpc) is 3.33. The maximum atomic E-state index is 13.4. The summed E-state index contributed by atoms with van der Waals surface area (Å²) in [5, 5.41) is 13.2. The molecule has 26 heavy (non-hydrogen) atoms. The number of aliphatic carboxylic acids is 1. The van der Waals surface area contributed by atoms with Crippen molar-refractivity contribution in [1.29, 1.82) is 0 Å². The number of thiophene rings is 2. The van der Waals surface area contributed by atoms with Crippen LogP contribution < -0.4 is 0 Å². The number of amides is 1. The average molecular weight is 387 g/mol. The fourth-order valence-corrected chi connectivity index (χ4v) is 5.24. The minimum absolute atomic E-state index is 0.135. The number of carboxylic acid groups (broad SMARTS) is 1. The SMILES string of the molecule is Cc1coc(CC(=O)O)c1C(=O)N1CCc2sccc2C1c1cccs1. The Bertz CT molecular complexity index is 954. The first kappa shape index (κ1) is 17.1. The topological polar surface area (TPSA) is 70.7 Å². The highest BCUT2D eigenvalue weighted by atomic mass is 32.1. The highest BCUT2D eigenvalue weighted by Gasteiger charge is 2.36. The summed E-state index contributed by atoms with van der Waals surface area (Å²) in [6, 6.07) is 5.99. The van der Waals surface area contributed by atoms with Gasteiger partial charge in [-0.1, -0.05) is 6.07 Å². The predicted molar refractivity (Wildman–Crippen MR) is 100 cm³/mol. The Hall–Kier alpha value is -2.38. The van der Waals surface area contributed by atoms with E-state index in [4.69, 9.17) is 9.52 Å². The van der Waals surface area contributed by atoms with Gasteiger partial charge in [-0.2, -0.15) is 0 Å². The van der Waals surface area contributed by atoms with E-state index in [0.29, 0.717) is 17.7 Å². The molecule has 0 bridgehead atoms. The normalized spacial score (nSPS) is 16.5. The lowest BCUT2D eigenvalue weighted by atomic mass is 9.96. The van der Waals surface area contributed by atoms with Crippen LogP contribution in [0, 0.1) is 6.92 Å². The number of carbonyl (C=O) groups is 2. The fraction of sp³-hybridized carbons (Fsp3) is 0.263. The summed E-state index contributed by atoms with van der Waals surface area (Å²) in [5.41, 5.74) is 2.22. The lowest BCUT2D eigenvalue weighted by molar-refractivity contribution is -0.136. The monoisotopic (exact) mass is 387 g/mol. The van der Waals surface area contributed by atoms with E-state index in [-0.39, 0.29) is 24.1 Å². The first-order valence-corrected chi connectivity index (χ1v) is 10.0. The summed E-state index contributed by atoms with van der Waals surface area (Å²) in [6.07, 6.45) is 1.98. The van der Waals surface area contributed by atoms with Crippen molar-refractivity contribution in [3.05, 3.63) is 67.4 Å². The molecule has 1 unspecified atom stereocenters. The summed E-state index contributed by atoms with van der Waals surface area (Å²) in [6.45, 7) is 2.38. The molecule has 134 valence electrons. The fourth-order valence-electron chi connectivity index (χ4n) is 3.49. The van der Waals surface area contributed by atoms with Crippen LogP contribution in [0.3, 0.4) is 0 Å². The number of carbonyl (C=O) groups excluding carboxylic acids is 1. The molecule has 7 heteroatoms. The van der Waals surface area contributed by atoms with Gasteiger partial charge in [0.2, 0.25) is 0 Å². The van der Waals surface area contributed by atoms with Crippen LogP contribution in [-0.4, -0.2) is 28.4 Å². The molecule has 1 atom stereocenters. The van der Waals surface area contributed by atoms with Gasteiger partial charge < -0.3 is 14.4 Å². The molecule has 5 nitrogen and oxygen atoms in total. The van der Waals surface area contributed by atoms with Gasteiger partial charge in [-0.05, 0) is 41.8 Å². The number of rotatable bonds is 4. The van der Waals surface area contributed by atoms with Gasteiger partial charge in [0.05, 0.1) is 17.9 Å². The third-order valence-electron chi connectivity index (χ3n) is 4.62. The van der Waals surface area contributed by atoms with E-state index >= 15 is 0 Å². The molecule has 0 radical (unpaired) electrons. The van der Waals surface area contributed by atoms with E-state index < -0.39 is 5.97 Å². The zero-order valence-electron chi connectivity index (χ0n) is 14.1. The van der Waals surface area contributed by atoms with Crippen LogP contribution in [0.25, 0.3) is 0 Å². The zero-order chi connectivity index (χ0) is 18.3. The van der Waals surface area contributed by atoms with Crippen LogP contribution in [-0.2, 0) is 17.6 Å². The largest absolute Gasteiger partial charge is 0.481 e. The Balaban J connectivity index is 1.76. The second-order valence-corrected chi connectivity index (χ2v) is 8.23. The first-order chi connectivity index (χ1) is 12.6. The molecule has 4 rings (SSSR count). The van der Waals surface area contributed by atoms with E-state index in [2.05, 4.69) is 11.4 Å². The molecule has 1 aliphatic rings. The van der Waals surface area contributed by atoms with Crippen molar-refractivity contribution in [3.63, 3.8) is 0 Å². The summed E-state index contributed by atoms with van der Waals surface area (Å²) in [7, 11) is 0. The van der Waals surface area contributed by atoms with Crippen molar-refractivity contribution in [2.75, 3.05) is 6.54 Å². The van der Waals surface area contributed by atoms with Gasteiger partial charge in [-0.25, -0.2) is 0 Å². The third kappa shape index (κ3) is 2.87. The van der Waals surface area contributed by atoms with Gasteiger partial charge in [0.15, 0.2) is 0 Å². The molecule has 0 fully saturated rings. The van der Waals surface area contributed by atoms with Crippen molar-refractivity contribution in [1.82, 2.24) is 4.90 Å². The van der Waals surface area contributed by atoms with Crippen molar-refractivity contribution in [2.45, 2.75) is 25.8 Å². The Morgan fingerprint density at radius 1 is 1.31 bits per heavy atom. The quantitative estimate of drug-likeness (QED) is 0.731. The molecular weight excluding hydrogens is 370 g/mol. The van der Waals surface area contributed by atoms with Gasteiger partial charge in [0.1, 0.15) is 12.2 Å². The minimum atomic E-state index is -1.01. The van der Waals surface area contributed by atoms with Gasteiger partial charge in [0, 0.05) is 21.9 Å². The molecule has 1 N–H and O–H groups in total. The molecule has 3 aromatic heterocycles. The lowest BCUT2D eigenvalue weighted by Gasteiger charge is -2.35. The maximum absolute atomic E-state index is 13.4. The Labute approximate surface area is 158 Å². The molecule has 0 saturated heterocycles. The van der Waals surface area contributed by atoms with E-state index in [9.17, 15) is 9.59 Å². The zero-order valence-corrected chi connectivity index (χ0v) is 15.7. The van der Waals surface area contributed by atoms with Gasteiger partial charge >= 0.3 is 5.97 Å². The summed E-state index contributed by atoms with van der Waals surface area (Å²) < 4.78 is 5.37. The van der Waals surface area contributed by atoms with Crippen molar-refractivity contribution in [3.8, 4) is 0 Å². The smallest absolute Gasteiger partial charge is 0.311 e. The number of hydrogen-bond donors (Lipinski definition) is 1. The van der Waals surface area contributed by atoms with Gasteiger partial charge in [-0.3, -0.25) is 9.59 Å². The maximum Gasteiger partial charge on any atom is 0.311 e. The standard InChI is InChI=1S/C19H17NO4S2/c1-11-10-24-13(9-16(21)22)17(11)19(23)20-6-4-14-12(5-8-26-14)18(20)15-3-2-7-25-15/h2-3,5,7-8,10,18H,4,6,9H2,1H3,(H,21,22). The summed E-state index contributed by atoms with van der Waals surface area (Å²) in [4.78, 5) is 28.8. The molecule has 0 saturated carbocycles. The molecule has 3 aromatic rings. The number of carboxylic acids is 1. The molecule has 0 aromatic carbocycles. The lowest BCUT2D eigenvalue weighted by Crippen LogP contribution is -2.40. The number of nitrogens with zero attached hydrogens (tertiary/aromatic N) is 1. The predicted octanol–water partition coefficient (Wildman–Crippen LogP) is 4.13. The van der Waals surface area contributed by atoms with Crippen LogP contribution in [0.4, 0.5) is 0 Å². The van der Waals surface area contributed by atoms with Crippen LogP contribution in [0.1, 0.15) is 43.0 Å². The van der Waals surface area contributed by atoms with Crippen LogP contribution >= 0.6 is 22.7 Å². The Kier molecular flexibility index (Phi) is 4.42. The molecule has 1 amide bonds. The van der Waals surface area contributed by atoms with Crippen molar-refractivity contribution < 1.29 is 19.1 Å². The Morgan fingerprint density at radius 3 is 2.88 bits per heavy atom. The molecular formula is C19H17NO4S2. The van der Waals surface area contributed by atoms with E-state index in [1.165, 1.54) is 11.1 Å². The van der Waals surface area contributed by atoms with E-state index in [0.717, 1.165) is 16.9 Å². The van der Waals surface area contributed by atoms with Gasteiger partial charge in [-0.15, -0.1) is 22.7 Å². The third-order valence-corrected chi connectivity index (χ3v) is 6.54. The highest BCUT2D eigenvalue weighted by molar-refractivity contribution is 7.10. The first-order valence-electron chi connectivity index (χ1n) is 8.25. The van der Waals surface area contributed by atoms with Crippen LogP contribution in [0.15, 0.2) is 39.6 Å². The number of hydrogen-bond acceptors (Lipinski definition) is 5. The summed E-state index contributed by atoms with van der Waals surface area (Å²) in [5.74, 6) is -0.953. The second-order valence-electron chi connectivity index (χ2n) is 6.25. The van der Waals surface area contributed by atoms with Crippen LogP contribution in [0.5, 0.6) is 0 Å². The highest BCUT2D eigenvalue weighted by Crippen LogP contribution is 2.40. The summed E-state index contributed by atoms with van der Waals surface area (Å²) >= 11 is 3.35. The molecule has 1 aliphatic heterocycles. The number of aryl methyl sites for hydroxylation is 1. The van der Waals surface area contributed by atoms with Crippen molar-refractivity contribution in [2.24, 2.45) is 0 Å². The molecule has 0 spiro atoms.